The summed E-state index contributed by atoms with van der Waals surface area (Å²) in [7, 11) is 0. The van der Waals surface area contributed by atoms with Crippen LogP contribution in [0.5, 0.6) is 0 Å². The van der Waals surface area contributed by atoms with E-state index in [0.29, 0.717) is 12.6 Å². The van der Waals surface area contributed by atoms with Gasteiger partial charge in [-0.25, -0.2) is 0 Å². The summed E-state index contributed by atoms with van der Waals surface area (Å²) in [6.07, 6.45) is 1.64. The zero-order valence-electron chi connectivity index (χ0n) is 8.80. The summed E-state index contributed by atoms with van der Waals surface area (Å²) in [5.74, 6) is 0. The molecule has 0 radical (unpaired) electrons. The zero-order valence-corrected chi connectivity index (χ0v) is 9.62. The number of thiophene rings is 1. The average molecular weight is 226 g/mol. The molecule has 1 aromatic heterocycles. The quantitative estimate of drug-likeness (QED) is 0.814. The van der Waals surface area contributed by atoms with Crippen molar-refractivity contribution in [2.24, 2.45) is 5.73 Å². The minimum atomic E-state index is -0.109. The van der Waals surface area contributed by atoms with E-state index in [1.54, 1.807) is 11.3 Å². The van der Waals surface area contributed by atoms with E-state index in [0.717, 1.165) is 25.9 Å². The SMILES string of the molecule is NCC(c1ccsc1)N1CCC(O)CC1. The molecule has 4 heteroatoms. The summed E-state index contributed by atoms with van der Waals surface area (Å²) in [6.45, 7) is 2.57. The summed E-state index contributed by atoms with van der Waals surface area (Å²) >= 11 is 1.72. The van der Waals surface area contributed by atoms with Gasteiger partial charge in [0.1, 0.15) is 0 Å². The average Bonchev–Trinajstić information content (AvgIpc) is 2.75. The predicted molar refractivity (Wildman–Crippen MR) is 62.9 cm³/mol. The van der Waals surface area contributed by atoms with Crippen molar-refractivity contribution in [3.8, 4) is 0 Å². The van der Waals surface area contributed by atoms with Crippen LogP contribution in [0, 0.1) is 0 Å². The number of hydrogen-bond donors (Lipinski definition) is 2. The van der Waals surface area contributed by atoms with Gasteiger partial charge in [-0.1, -0.05) is 0 Å². The third-order valence-corrected chi connectivity index (χ3v) is 3.79. The smallest absolute Gasteiger partial charge is 0.0564 e. The van der Waals surface area contributed by atoms with E-state index in [-0.39, 0.29) is 6.10 Å². The molecule has 15 heavy (non-hydrogen) atoms. The maximum Gasteiger partial charge on any atom is 0.0564 e. The third kappa shape index (κ3) is 2.58. The van der Waals surface area contributed by atoms with Crippen molar-refractivity contribution in [1.82, 2.24) is 4.90 Å². The van der Waals surface area contributed by atoms with Crippen LogP contribution in [0.15, 0.2) is 16.8 Å². The van der Waals surface area contributed by atoms with Crippen LogP contribution >= 0.6 is 11.3 Å². The van der Waals surface area contributed by atoms with Crippen LogP contribution in [0.4, 0.5) is 0 Å². The molecule has 84 valence electrons. The molecule has 1 atom stereocenters. The van der Waals surface area contributed by atoms with Gasteiger partial charge in [0.25, 0.3) is 0 Å². The predicted octanol–water partition coefficient (Wildman–Crippen LogP) is 1.20. The van der Waals surface area contributed by atoms with Crippen molar-refractivity contribution in [3.63, 3.8) is 0 Å². The number of piperidine rings is 1. The molecule has 1 aliphatic rings. The molecule has 0 aromatic carbocycles. The molecule has 2 rings (SSSR count). The van der Waals surface area contributed by atoms with Gasteiger partial charge >= 0.3 is 0 Å². The fourth-order valence-corrected chi connectivity index (χ4v) is 2.87. The monoisotopic (exact) mass is 226 g/mol. The van der Waals surface area contributed by atoms with E-state index in [1.165, 1.54) is 5.56 Å². The number of aliphatic hydroxyl groups is 1. The Morgan fingerprint density at radius 1 is 1.53 bits per heavy atom. The molecule has 2 heterocycles. The van der Waals surface area contributed by atoms with E-state index >= 15 is 0 Å². The second-order valence-electron chi connectivity index (χ2n) is 4.08. The lowest BCUT2D eigenvalue weighted by Crippen LogP contribution is -2.41. The minimum Gasteiger partial charge on any atom is -0.393 e. The number of rotatable bonds is 3. The van der Waals surface area contributed by atoms with Crippen LogP contribution in [0.1, 0.15) is 24.4 Å². The molecule has 1 aliphatic heterocycles. The highest BCUT2D eigenvalue weighted by Gasteiger charge is 2.24. The van der Waals surface area contributed by atoms with Gasteiger partial charge in [0.2, 0.25) is 0 Å². The van der Waals surface area contributed by atoms with Crippen LogP contribution in [0.2, 0.25) is 0 Å². The fourth-order valence-electron chi connectivity index (χ4n) is 2.16. The highest BCUT2D eigenvalue weighted by molar-refractivity contribution is 7.07. The van der Waals surface area contributed by atoms with Crippen molar-refractivity contribution in [2.45, 2.75) is 25.0 Å². The van der Waals surface area contributed by atoms with Gasteiger partial charge < -0.3 is 10.8 Å². The Hall–Kier alpha value is -0.420. The van der Waals surface area contributed by atoms with Gasteiger partial charge in [0, 0.05) is 25.7 Å². The summed E-state index contributed by atoms with van der Waals surface area (Å²) in [5, 5.41) is 13.7. The van der Waals surface area contributed by atoms with Crippen LogP contribution in [0.3, 0.4) is 0 Å². The molecule has 1 unspecified atom stereocenters. The number of nitrogens with zero attached hydrogens (tertiary/aromatic N) is 1. The van der Waals surface area contributed by atoms with Crippen LogP contribution in [-0.2, 0) is 0 Å². The van der Waals surface area contributed by atoms with Gasteiger partial charge in [0.05, 0.1) is 6.10 Å². The lowest BCUT2D eigenvalue weighted by Gasteiger charge is -2.35. The number of hydrogen-bond acceptors (Lipinski definition) is 4. The summed E-state index contributed by atoms with van der Waals surface area (Å²) < 4.78 is 0. The molecule has 3 N–H and O–H groups in total. The first kappa shape index (κ1) is 11.1. The standard InChI is InChI=1S/C11H18N2OS/c12-7-11(9-3-6-15-8-9)13-4-1-10(14)2-5-13/h3,6,8,10-11,14H,1-2,4-5,7,12H2. The Labute approximate surface area is 94.5 Å². The van der Waals surface area contributed by atoms with Gasteiger partial charge in [-0.05, 0) is 35.2 Å². The van der Waals surface area contributed by atoms with E-state index in [2.05, 4.69) is 21.7 Å². The summed E-state index contributed by atoms with van der Waals surface area (Å²) in [6, 6.07) is 2.48. The molecule has 1 fully saturated rings. The van der Waals surface area contributed by atoms with Gasteiger partial charge in [-0.3, -0.25) is 4.90 Å². The Balaban J connectivity index is 2.01. The Kier molecular flexibility index (Phi) is 3.75. The number of nitrogens with two attached hydrogens (primary N) is 1. The number of likely N-dealkylation sites (tertiary alicyclic amines) is 1. The third-order valence-electron chi connectivity index (χ3n) is 3.09. The number of aliphatic hydroxyl groups excluding tert-OH is 1. The maximum absolute atomic E-state index is 9.46. The molecule has 0 amide bonds. The molecular formula is C11H18N2OS. The second-order valence-corrected chi connectivity index (χ2v) is 4.86. The van der Waals surface area contributed by atoms with Crippen LogP contribution < -0.4 is 5.73 Å². The normalized spacial score (nSPS) is 21.7. The molecule has 0 spiro atoms. The topological polar surface area (TPSA) is 49.5 Å². The first-order chi connectivity index (χ1) is 7.31. The van der Waals surface area contributed by atoms with E-state index in [9.17, 15) is 5.11 Å². The lowest BCUT2D eigenvalue weighted by molar-refractivity contribution is 0.0623. The van der Waals surface area contributed by atoms with Crippen LogP contribution in [0.25, 0.3) is 0 Å². The molecule has 0 bridgehead atoms. The fraction of sp³-hybridized carbons (Fsp3) is 0.636. The zero-order chi connectivity index (χ0) is 10.7. The summed E-state index contributed by atoms with van der Waals surface area (Å²) in [4.78, 5) is 2.38. The molecule has 3 nitrogen and oxygen atoms in total. The van der Waals surface area contributed by atoms with Crippen molar-refractivity contribution in [1.29, 1.82) is 0 Å². The van der Waals surface area contributed by atoms with E-state index in [4.69, 9.17) is 5.73 Å². The molecule has 0 aliphatic carbocycles. The largest absolute Gasteiger partial charge is 0.393 e. The van der Waals surface area contributed by atoms with E-state index in [1.807, 2.05) is 0 Å². The van der Waals surface area contributed by atoms with Gasteiger partial charge in [-0.2, -0.15) is 11.3 Å². The highest BCUT2D eigenvalue weighted by Crippen LogP contribution is 2.25. The Morgan fingerprint density at radius 2 is 2.27 bits per heavy atom. The molecule has 0 saturated carbocycles. The first-order valence-electron chi connectivity index (χ1n) is 5.45. The molecule has 1 saturated heterocycles. The Morgan fingerprint density at radius 3 is 2.80 bits per heavy atom. The second kappa shape index (κ2) is 5.07. The van der Waals surface area contributed by atoms with Crippen molar-refractivity contribution in [2.75, 3.05) is 19.6 Å². The van der Waals surface area contributed by atoms with Crippen LogP contribution in [-0.4, -0.2) is 35.7 Å². The summed E-state index contributed by atoms with van der Waals surface area (Å²) in [5.41, 5.74) is 7.15. The Bertz CT molecular complexity index is 281. The van der Waals surface area contributed by atoms with E-state index < -0.39 is 0 Å². The lowest BCUT2D eigenvalue weighted by atomic mass is 10.0. The first-order valence-corrected chi connectivity index (χ1v) is 6.40. The minimum absolute atomic E-state index is 0.109. The van der Waals surface area contributed by atoms with Gasteiger partial charge in [-0.15, -0.1) is 0 Å². The molecule has 1 aromatic rings. The van der Waals surface area contributed by atoms with Crippen molar-refractivity contribution in [3.05, 3.63) is 22.4 Å². The van der Waals surface area contributed by atoms with Crippen molar-refractivity contribution >= 4 is 11.3 Å². The molecular weight excluding hydrogens is 208 g/mol. The van der Waals surface area contributed by atoms with Gasteiger partial charge in [0.15, 0.2) is 0 Å². The van der Waals surface area contributed by atoms with Crippen molar-refractivity contribution < 1.29 is 5.11 Å². The maximum atomic E-state index is 9.46. The highest BCUT2D eigenvalue weighted by atomic mass is 32.1.